The first-order chi connectivity index (χ1) is 9.29. The van der Waals surface area contributed by atoms with Crippen LogP contribution in [-0.4, -0.2) is 13.2 Å². The van der Waals surface area contributed by atoms with Crippen LogP contribution in [0, 0.1) is 0 Å². The van der Waals surface area contributed by atoms with Gasteiger partial charge in [-0.3, -0.25) is 0 Å². The highest BCUT2D eigenvalue weighted by molar-refractivity contribution is 9.10. The lowest BCUT2D eigenvalue weighted by Crippen LogP contribution is -2.00. The van der Waals surface area contributed by atoms with Gasteiger partial charge in [0.25, 0.3) is 0 Å². The van der Waals surface area contributed by atoms with Crippen LogP contribution in [0.1, 0.15) is 25.7 Å². The third-order valence-electron chi connectivity index (χ3n) is 3.14. The van der Waals surface area contributed by atoms with Crippen molar-refractivity contribution >= 4 is 26.7 Å². The molecule has 0 unspecified atom stereocenters. The van der Waals surface area contributed by atoms with Gasteiger partial charge in [0.2, 0.25) is 0 Å². The van der Waals surface area contributed by atoms with Crippen molar-refractivity contribution in [2.24, 2.45) is 5.73 Å². The molecular formula is C16H20BrNO. The SMILES string of the molecule is NCCCCCCOc1ccc2cc(Br)ccc2c1. The molecule has 2 N–H and O–H groups in total. The Labute approximate surface area is 123 Å². The van der Waals surface area contributed by atoms with Crippen LogP contribution in [0.2, 0.25) is 0 Å². The summed E-state index contributed by atoms with van der Waals surface area (Å²) in [5.74, 6) is 0.952. The molecule has 19 heavy (non-hydrogen) atoms. The fraction of sp³-hybridized carbons (Fsp3) is 0.375. The maximum absolute atomic E-state index is 5.78. The molecule has 0 radical (unpaired) electrons. The summed E-state index contributed by atoms with van der Waals surface area (Å²) in [4.78, 5) is 0. The van der Waals surface area contributed by atoms with Crippen molar-refractivity contribution in [1.82, 2.24) is 0 Å². The number of ether oxygens (including phenoxy) is 1. The molecule has 0 aliphatic carbocycles. The molecule has 0 aliphatic rings. The largest absolute Gasteiger partial charge is 0.494 e. The number of fused-ring (bicyclic) bond motifs is 1. The summed E-state index contributed by atoms with van der Waals surface area (Å²) in [6, 6.07) is 12.5. The standard InChI is InChI=1S/C16H20BrNO/c17-15-7-5-14-12-16(8-6-13(14)11-15)19-10-4-2-1-3-9-18/h5-8,11-12H,1-4,9-10,18H2. The summed E-state index contributed by atoms with van der Waals surface area (Å²) in [6.45, 7) is 1.58. The highest BCUT2D eigenvalue weighted by Crippen LogP contribution is 2.24. The highest BCUT2D eigenvalue weighted by atomic mass is 79.9. The van der Waals surface area contributed by atoms with Gasteiger partial charge in [0.1, 0.15) is 5.75 Å². The zero-order chi connectivity index (χ0) is 13.5. The second-order valence-electron chi connectivity index (χ2n) is 4.70. The van der Waals surface area contributed by atoms with E-state index in [1.165, 1.54) is 23.6 Å². The normalized spacial score (nSPS) is 10.8. The predicted octanol–water partition coefficient (Wildman–Crippen LogP) is 4.50. The lowest BCUT2D eigenvalue weighted by Gasteiger charge is -2.07. The van der Waals surface area contributed by atoms with Gasteiger partial charge in [-0.25, -0.2) is 0 Å². The summed E-state index contributed by atoms with van der Waals surface area (Å²) in [6.07, 6.45) is 4.60. The van der Waals surface area contributed by atoms with Crippen LogP contribution in [0.3, 0.4) is 0 Å². The summed E-state index contributed by atoms with van der Waals surface area (Å²) in [5.41, 5.74) is 5.46. The molecule has 2 rings (SSSR count). The Bertz CT molecular complexity index is 527. The average molecular weight is 322 g/mol. The first-order valence-corrected chi connectivity index (χ1v) is 7.61. The molecule has 0 atom stereocenters. The fourth-order valence-electron chi connectivity index (χ4n) is 2.07. The van der Waals surface area contributed by atoms with Crippen LogP contribution in [0.25, 0.3) is 10.8 Å². The Morgan fingerprint density at radius 2 is 1.63 bits per heavy atom. The summed E-state index contributed by atoms with van der Waals surface area (Å²) in [5, 5.41) is 2.44. The first-order valence-electron chi connectivity index (χ1n) is 6.82. The second-order valence-corrected chi connectivity index (χ2v) is 5.62. The predicted molar refractivity (Wildman–Crippen MR) is 84.7 cm³/mol. The van der Waals surface area contributed by atoms with Crippen LogP contribution in [0.5, 0.6) is 5.75 Å². The van der Waals surface area contributed by atoms with Crippen LogP contribution < -0.4 is 10.5 Å². The molecular weight excluding hydrogens is 302 g/mol. The topological polar surface area (TPSA) is 35.2 Å². The molecule has 0 spiro atoms. The monoisotopic (exact) mass is 321 g/mol. The molecule has 2 nitrogen and oxygen atoms in total. The molecule has 0 heterocycles. The van der Waals surface area contributed by atoms with Crippen LogP contribution >= 0.6 is 15.9 Å². The molecule has 102 valence electrons. The van der Waals surface area contributed by atoms with Gasteiger partial charge in [-0.2, -0.15) is 0 Å². The van der Waals surface area contributed by atoms with Crippen molar-refractivity contribution in [2.75, 3.05) is 13.2 Å². The number of halogens is 1. The summed E-state index contributed by atoms with van der Waals surface area (Å²) in [7, 11) is 0. The molecule has 0 aliphatic heterocycles. The van der Waals surface area contributed by atoms with Crippen molar-refractivity contribution in [3.05, 3.63) is 40.9 Å². The van der Waals surface area contributed by atoms with E-state index in [1.807, 2.05) is 6.07 Å². The Morgan fingerprint density at radius 3 is 2.47 bits per heavy atom. The first kappa shape index (κ1) is 14.4. The van der Waals surface area contributed by atoms with E-state index in [2.05, 4.69) is 46.3 Å². The van der Waals surface area contributed by atoms with E-state index in [9.17, 15) is 0 Å². The van der Waals surface area contributed by atoms with E-state index < -0.39 is 0 Å². The van der Waals surface area contributed by atoms with E-state index in [4.69, 9.17) is 10.5 Å². The summed E-state index contributed by atoms with van der Waals surface area (Å²) >= 11 is 3.48. The molecule has 0 saturated carbocycles. The van der Waals surface area contributed by atoms with Gasteiger partial charge >= 0.3 is 0 Å². The van der Waals surface area contributed by atoms with Gasteiger partial charge in [-0.05, 0) is 54.4 Å². The highest BCUT2D eigenvalue weighted by Gasteiger charge is 1.98. The van der Waals surface area contributed by atoms with Gasteiger partial charge in [-0.1, -0.05) is 40.9 Å². The van der Waals surface area contributed by atoms with Crippen LogP contribution in [0.15, 0.2) is 40.9 Å². The second kappa shape index (κ2) is 7.51. The maximum atomic E-state index is 5.78. The van der Waals surface area contributed by atoms with Gasteiger partial charge < -0.3 is 10.5 Å². The Morgan fingerprint density at radius 1 is 0.895 bits per heavy atom. The van der Waals surface area contributed by atoms with Crippen molar-refractivity contribution in [3.8, 4) is 5.75 Å². The fourth-order valence-corrected chi connectivity index (χ4v) is 2.45. The smallest absolute Gasteiger partial charge is 0.119 e. The van der Waals surface area contributed by atoms with Gasteiger partial charge in [-0.15, -0.1) is 0 Å². The Hall–Kier alpha value is -1.06. The number of unbranched alkanes of at least 4 members (excludes halogenated alkanes) is 3. The van der Waals surface area contributed by atoms with E-state index in [-0.39, 0.29) is 0 Å². The molecule has 3 heteroatoms. The lowest BCUT2D eigenvalue weighted by molar-refractivity contribution is 0.305. The molecule has 0 aromatic heterocycles. The minimum absolute atomic E-state index is 0.784. The van der Waals surface area contributed by atoms with Crippen molar-refractivity contribution < 1.29 is 4.74 Å². The average Bonchev–Trinajstić information content (AvgIpc) is 2.43. The zero-order valence-corrected chi connectivity index (χ0v) is 12.7. The van der Waals surface area contributed by atoms with E-state index in [1.54, 1.807) is 0 Å². The van der Waals surface area contributed by atoms with Crippen molar-refractivity contribution in [1.29, 1.82) is 0 Å². The van der Waals surface area contributed by atoms with Gasteiger partial charge in [0.05, 0.1) is 6.61 Å². The number of rotatable bonds is 7. The van der Waals surface area contributed by atoms with E-state index >= 15 is 0 Å². The van der Waals surface area contributed by atoms with Crippen LogP contribution in [0.4, 0.5) is 0 Å². The molecule has 0 saturated heterocycles. The molecule has 0 bridgehead atoms. The number of hydrogen-bond acceptors (Lipinski definition) is 2. The summed E-state index contributed by atoms with van der Waals surface area (Å²) < 4.78 is 6.89. The van der Waals surface area contributed by atoms with Gasteiger partial charge in [0.15, 0.2) is 0 Å². The van der Waals surface area contributed by atoms with Crippen molar-refractivity contribution in [3.63, 3.8) is 0 Å². The lowest BCUT2D eigenvalue weighted by atomic mass is 10.1. The van der Waals surface area contributed by atoms with Crippen molar-refractivity contribution in [2.45, 2.75) is 25.7 Å². The molecule has 0 amide bonds. The third kappa shape index (κ3) is 4.51. The minimum Gasteiger partial charge on any atom is -0.494 e. The third-order valence-corrected chi connectivity index (χ3v) is 3.63. The number of hydrogen-bond donors (Lipinski definition) is 1. The van der Waals surface area contributed by atoms with E-state index in [0.717, 1.165) is 36.2 Å². The molecule has 2 aromatic carbocycles. The number of benzene rings is 2. The van der Waals surface area contributed by atoms with Gasteiger partial charge in [0, 0.05) is 4.47 Å². The van der Waals surface area contributed by atoms with E-state index in [0.29, 0.717) is 0 Å². The maximum Gasteiger partial charge on any atom is 0.119 e. The van der Waals surface area contributed by atoms with Crippen LogP contribution in [-0.2, 0) is 0 Å². The zero-order valence-electron chi connectivity index (χ0n) is 11.1. The molecule has 2 aromatic rings. The minimum atomic E-state index is 0.784. The quantitative estimate of drug-likeness (QED) is 0.762. The molecule has 0 fully saturated rings. The number of nitrogens with two attached hydrogens (primary N) is 1. The Kier molecular flexibility index (Phi) is 5.67. The Balaban J connectivity index is 1.86.